The van der Waals surface area contributed by atoms with E-state index in [1.807, 2.05) is 25.2 Å². The predicted molar refractivity (Wildman–Crippen MR) is 111 cm³/mol. The van der Waals surface area contributed by atoms with E-state index in [4.69, 9.17) is 0 Å². The fourth-order valence-corrected chi connectivity index (χ4v) is 3.44. The molecule has 0 saturated carbocycles. The maximum Gasteiger partial charge on any atom is 0.251 e. The van der Waals surface area contributed by atoms with E-state index in [0.29, 0.717) is 17.8 Å². The van der Waals surface area contributed by atoms with Crippen molar-refractivity contribution in [2.45, 2.75) is 13.3 Å². The normalized spacial score (nSPS) is 11.1. The molecule has 2 rings (SSSR count). The van der Waals surface area contributed by atoms with Gasteiger partial charge < -0.3 is 10.2 Å². The van der Waals surface area contributed by atoms with Gasteiger partial charge in [0.05, 0.1) is 11.4 Å². The first-order valence-corrected chi connectivity index (χ1v) is 10.6. The van der Waals surface area contributed by atoms with E-state index < -0.39 is 10.0 Å². The third-order valence-electron chi connectivity index (χ3n) is 4.43. The summed E-state index contributed by atoms with van der Waals surface area (Å²) in [6.45, 7) is 3.01. The Morgan fingerprint density at radius 2 is 1.59 bits per heavy atom. The van der Waals surface area contributed by atoms with Crippen LogP contribution in [0.2, 0.25) is 0 Å². The number of hydrogen-bond acceptors (Lipinski definition) is 4. The Hall–Kier alpha value is -2.54. The number of carbonyl (C=O) groups excluding carboxylic acids is 1. The second kappa shape index (κ2) is 9.41. The smallest absolute Gasteiger partial charge is 0.251 e. The molecule has 0 fully saturated rings. The van der Waals surface area contributed by atoms with Crippen molar-refractivity contribution < 1.29 is 13.2 Å². The summed E-state index contributed by atoms with van der Waals surface area (Å²) in [5, 5.41) is 2.90. The highest BCUT2D eigenvalue weighted by atomic mass is 32.2. The summed E-state index contributed by atoms with van der Waals surface area (Å²) in [6.07, 6.45) is 0.826. The summed E-state index contributed by atoms with van der Waals surface area (Å²) in [7, 11) is 0.231. The van der Waals surface area contributed by atoms with Gasteiger partial charge in [-0.15, -0.1) is 0 Å². The first-order chi connectivity index (χ1) is 12.8. The Kier molecular flexibility index (Phi) is 7.24. The summed E-state index contributed by atoms with van der Waals surface area (Å²) < 4.78 is 25.0. The molecule has 146 valence electrons. The molecule has 0 aliphatic carbocycles. The third kappa shape index (κ3) is 5.72. The van der Waals surface area contributed by atoms with Crippen LogP contribution in [0, 0.1) is 0 Å². The maximum absolute atomic E-state index is 12.2. The molecule has 0 unspecified atom stereocenters. The van der Waals surface area contributed by atoms with Gasteiger partial charge in [-0.25, -0.2) is 8.42 Å². The average Bonchev–Trinajstić information content (AvgIpc) is 2.71. The minimum atomic E-state index is -3.30. The molecule has 0 atom stereocenters. The van der Waals surface area contributed by atoms with Crippen molar-refractivity contribution >= 4 is 27.3 Å². The number of amides is 1. The molecule has 2 aromatic rings. The first kappa shape index (κ1) is 20.8. The van der Waals surface area contributed by atoms with Crippen molar-refractivity contribution in [1.82, 2.24) is 5.32 Å². The average molecular weight is 390 g/mol. The molecule has 6 nitrogen and oxygen atoms in total. The predicted octanol–water partition coefficient (Wildman–Crippen LogP) is 2.73. The second-order valence-electron chi connectivity index (χ2n) is 6.28. The van der Waals surface area contributed by atoms with E-state index in [2.05, 4.69) is 22.3 Å². The van der Waals surface area contributed by atoms with Crippen molar-refractivity contribution in [3.63, 3.8) is 0 Å². The molecule has 0 bridgehead atoms. The summed E-state index contributed by atoms with van der Waals surface area (Å²) in [6, 6.07) is 16.7. The van der Waals surface area contributed by atoms with Gasteiger partial charge >= 0.3 is 0 Å². The molecule has 1 amide bonds. The molecule has 7 heteroatoms. The van der Waals surface area contributed by atoms with Gasteiger partial charge in [-0.1, -0.05) is 18.2 Å². The van der Waals surface area contributed by atoms with Gasteiger partial charge in [0.2, 0.25) is 10.0 Å². The number of anilines is 2. The standard InChI is InChI=1S/C20H27N3O3S/c1-4-27(25,26)23(3)19-13-11-17(12-14-19)20(24)21-15-8-16-22(2)18-9-6-5-7-10-18/h5-7,9-14H,4,8,15-16H2,1-3H3,(H,21,24). The van der Waals surface area contributed by atoms with E-state index in [1.54, 1.807) is 31.2 Å². The van der Waals surface area contributed by atoms with Crippen molar-refractivity contribution in [1.29, 1.82) is 0 Å². The number of nitrogens with one attached hydrogen (secondary N) is 1. The van der Waals surface area contributed by atoms with Gasteiger partial charge in [0.1, 0.15) is 0 Å². The second-order valence-corrected chi connectivity index (χ2v) is 8.57. The Morgan fingerprint density at radius 1 is 0.963 bits per heavy atom. The van der Waals surface area contributed by atoms with E-state index in [0.717, 1.165) is 18.7 Å². The van der Waals surface area contributed by atoms with Crippen LogP contribution in [-0.4, -0.2) is 47.3 Å². The topological polar surface area (TPSA) is 69.7 Å². The Bertz CT molecular complexity index is 837. The van der Waals surface area contributed by atoms with Crippen LogP contribution in [0.3, 0.4) is 0 Å². The molecule has 0 saturated heterocycles. The van der Waals surface area contributed by atoms with Crippen LogP contribution in [0.4, 0.5) is 11.4 Å². The summed E-state index contributed by atoms with van der Waals surface area (Å²) in [5.41, 5.74) is 2.20. The molecular formula is C20H27N3O3S. The quantitative estimate of drug-likeness (QED) is 0.670. The number of rotatable bonds is 9. The third-order valence-corrected chi connectivity index (χ3v) is 6.20. The molecule has 0 aromatic heterocycles. The lowest BCUT2D eigenvalue weighted by Crippen LogP contribution is -2.29. The lowest BCUT2D eigenvalue weighted by molar-refractivity contribution is 0.0953. The van der Waals surface area contributed by atoms with Crippen molar-refractivity contribution in [2.75, 3.05) is 42.1 Å². The molecule has 27 heavy (non-hydrogen) atoms. The zero-order valence-corrected chi connectivity index (χ0v) is 16.9. The van der Waals surface area contributed by atoms with Gasteiger partial charge in [-0.3, -0.25) is 9.10 Å². The number of nitrogens with zero attached hydrogens (tertiary/aromatic N) is 2. The maximum atomic E-state index is 12.2. The van der Waals surface area contributed by atoms with E-state index >= 15 is 0 Å². The molecule has 2 aromatic carbocycles. The van der Waals surface area contributed by atoms with Crippen LogP contribution < -0.4 is 14.5 Å². The molecule has 1 N–H and O–H groups in total. The van der Waals surface area contributed by atoms with Crippen molar-refractivity contribution in [3.05, 3.63) is 60.2 Å². The number of para-hydroxylation sites is 1. The molecule has 0 aliphatic heterocycles. The SMILES string of the molecule is CCS(=O)(=O)N(C)c1ccc(C(=O)NCCCN(C)c2ccccc2)cc1. The molecule has 0 heterocycles. The van der Waals surface area contributed by atoms with Crippen LogP contribution in [0.25, 0.3) is 0 Å². The van der Waals surface area contributed by atoms with Crippen molar-refractivity contribution in [2.24, 2.45) is 0 Å². The van der Waals surface area contributed by atoms with Crippen molar-refractivity contribution in [3.8, 4) is 0 Å². The van der Waals surface area contributed by atoms with Crippen LogP contribution in [0.5, 0.6) is 0 Å². The number of carbonyl (C=O) groups is 1. The first-order valence-electron chi connectivity index (χ1n) is 8.96. The largest absolute Gasteiger partial charge is 0.375 e. The van der Waals surface area contributed by atoms with Crippen LogP contribution in [0.1, 0.15) is 23.7 Å². The van der Waals surface area contributed by atoms with E-state index in [-0.39, 0.29) is 11.7 Å². The molecule has 0 spiro atoms. The lowest BCUT2D eigenvalue weighted by Gasteiger charge is -2.19. The fourth-order valence-electron chi connectivity index (χ4n) is 2.61. The zero-order valence-electron chi connectivity index (χ0n) is 16.1. The number of sulfonamides is 1. The molecular weight excluding hydrogens is 362 g/mol. The monoisotopic (exact) mass is 389 g/mol. The van der Waals surface area contributed by atoms with Gasteiger partial charge in [0, 0.05) is 38.4 Å². The Morgan fingerprint density at radius 3 is 2.19 bits per heavy atom. The van der Waals surface area contributed by atoms with Gasteiger partial charge in [-0.2, -0.15) is 0 Å². The minimum absolute atomic E-state index is 0.0309. The molecule has 0 radical (unpaired) electrons. The summed E-state index contributed by atoms with van der Waals surface area (Å²) >= 11 is 0. The Labute approximate surface area is 161 Å². The number of hydrogen-bond donors (Lipinski definition) is 1. The lowest BCUT2D eigenvalue weighted by atomic mass is 10.2. The van der Waals surface area contributed by atoms with Crippen LogP contribution >= 0.6 is 0 Å². The van der Waals surface area contributed by atoms with Gasteiger partial charge in [0.15, 0.2) is 0 Å². The summed E-state index contributed by atoms with van der Waals surface area (Å²) in [5.74, 6) is -0.131. The molecule has 0 aliphatic rings. The van der Waals surface area contributed by atoms with Crippen LogP contribution in [0.15, 0.2) is 54.6 Å². The van der Waals surface area contributed by atoms with Crippen LogP contribution in [-0.2, 0) is 10.0 Å². The summed E-state index contributed by atoms with van der Waals surface area (Å²) in [4.78, 5) is 14.4. The Balaban J connectivity index is 1.82. The zero-order chi connectivity index (χ0) is 19.9. The number of benzene rings is 2. The van der Waals surface area contributed by atoms with Gasteiger partial charge in [0.25, 0.3) is 5.91 Å². The highest BCUT2D eigenvalue weighted by Crippen LogP contribution is 2.17. The highest BCUT2D eigenvalue weighted by molar-refractivity contribution is 7.92. The van der Waals surface area contributed by atoms with E-state index in [1.165, 1.54) is 11.4 Å². The fraction of sp³-hybridized carbons (Fsp3) is 0.350. The minimum Gasteiger partial charge on any atom is -0.375 e. The van der Waals surface area contributed by atoms with Gasteiger partial charge in [-0.05, 0) is 49.7 Å². The highest BCUT2D eigenvalue weighted by Gasteiger charge is 2.16. The van der Waals surface area contributed by atoms with E-state index in [9.17, 15) is 13.2 Å².